The molecule has 1 atom stereocenters. The van der Waals surface area contributed by atoms with Gasteiger partial charge in [0, 0.05) is 10.5 Å². The predicted molar refractivity (Wildman–Crippen MR) is 106 cm³/mol. The van der Waals surface area contributed by atoms with E-state index in [1.54, 1.807) is 32.0 Å². The minimum absolute atomic E-state index is 0.102. The van der Waals surface area contributed by atoms with Gasteiger partial charge in [0.1, 0.15) is 17.7 Å². The second-order valence-electron chi connectivity index (χ2n) is 6.46. The van der Waals surface area contributed by atoms with Gasteiger partial charge in [0.25, 0.3) is 11.8 Å². The summed E-state index contributed by atoms with van der Waals surface area (Å²) in [4.78, 5) is 36.9. The zero-order valence-electron chi connectivity index (χ0n) is 15.9. The van der Waals surface area contributed by atoms with E-state index >= 15 is 0 Å². The molecule has 2 aromatic carbocycles. The third-order valence-electron chi connectivity index (χ3n) is 3.86. The maximum atomic E-state index is 13.5. The van der Waals surface area contributed by atoms with E-state index in [-0.39, 0.29) is 17.2 Å². The van der Waals surface area contributed by atoms with Crippen molar-refractivity contribution in [3.8, 4) is 0 Å². The van der Waals surface area contributed by atoms with Crippen molar-refractivity contribution in [3.63, 3.8) is 0 Å². The number of benzene rings is 2. The van der Waals surface area contributed by atoms with Crippen LogP contribution in [0.2, 0.25) is 0 Å². The first-order valence-electron chi connectivity index (χ1n) is 8.80. The van der Waals surface area contributed by atoms with E-state index in [2.05, 4.69) is 16.2 Å². The lowest BCUT2D eigenvalue weighted by atomic mass is 10.0. The van der Waals surface area contributed by atoms with Gasteiger partial charge in [-0.25, -0.2) is 8.78 Å². The number of carbonyl (C=O) groups is 3. The van der Waals surface area contributed by atoms with Crippen LogP contribution >= 0.6 is 11.8 Å². The van der Waals surface area contributed by atoms with Crippen LogP contribution in [0.1, 0.15) is 24.2 Å². The zero-order chi connectivity index (χ0) is 21.4. The Labute approximate surface area is 171 Å². The summed E-state index contributed by atoms with van der Waals surface area (Å²) < 4.78 is 26.5. The van der Waals surface area contributed by atoms with E-state index in [4.69, 9.17) is 0 Å². The van der Waals surface area contributed by atoms with Gasteiger partial charge in [0.2, 0.25) is 5.91 Å². The van der Waals surface area contributed by atoms with Crippen LogP contribution in [0.25, 0.3) is 0 Å². The number of amides is 3. The van der Waals surface area contributed by atoms with Crippen molar-refractivity contribution in [1.82, 2.24) is 16.2 Å². The molecule has 0 aliphatic carbocycles. The minimum atomic E-state index is -0.924. The molecule has 0 aromatic heterocycles. The normalized spacial score (nSPS) is 11.6. The summed E-state index contributed by atoms with van der Waals surface area (Å²) in [5.41, 5.74) is 4.71. The Balaban J connectivity index is 1.87. The number of nitrogens with one attached hydrogen (secondary N) is 3. The van der Waals surface area contributed by atoms with Gasteiger partial charge in [-0.2, -0.15) is 0 Å². The molecule has 29 heavy (non-hydrogen) atoms. The molecule has 6 nitrogen and oxygen atoms in total. The van der Waals surface area contributed by atoms with Gasteiger partial charge in [-0.1, -0.05) is 26.0 Å². The van der Waals surface area contributed by atoms with Gasteiger partial charge in [0.05, 0.1) is 5.75 Å². The lowest BCUT2D eigenvalue weighted by molar-refractivity contribution is -0.129. The van der Waals surface area contributed by atoms with Crippen LogP contribution < -0.4 is 16.2 Å². The van der Waals surface area contributed by atoms with Gasteiger partial charge in [-0.3, -0.25) is 25.2 Å². The highest BCUT2D eigenvalue weighted by molar-refractivity contribution is 8.00. The van der Waals surface area contributed by atoms with Crippen molar-refractivity contribution in [1.29, 1.82) is 0 Å². The fourth-order valence-corrected chi connectivity index (χ4v) is 3.05. The summed E-state index contributed by atoms with van der Waals surface area (Å²) in [6.45, 7) is 3.45. The average molecular weight is 421 g/mol. The van der Waals surface area contributed by atoms with E-state index in [1.807, 2.05) is 0 Å². The Kier molecular flexibility index (Phi) is 8.14. The second kappa shape index (κ2) is 10.6. The maximum Gasteiger partial charge on any atom is 0.261 e. The molecule has 3 amide bonds. The van der Waals surface area contributed by atoms with E-state index in [1.165, 1.54) is 18.2 Å². The van der Waals surface area contributed by atoms with Crippen LogP contribution in [0.4, 0.5) is 8.78 Å². The van der Waals surface area contributed by atoms with Gasteiger partial charge in [-0.05, 0) is 42.3 Å². The summed E-state index contributed by atoms with van der Waals surface area (Å²) in [6, 6.07) is 10.0. The van der Waals surface area contributed by atoms with Gasteiger partial charge < -0.3 is 5.32 Å². The van der Waals surface area contributed by atoms with E-state index in [0.717, 1.165) is 23.9 Å². The smallest absolute Gasteiger partial charge is 0.261 e. The van der Waals surface area contributed by atoms with Crippen LogP contribution in [0, 0.1) is 17.6 Å². The maximum absolute atomic E-state index is 13.5. The monoisotopic (exact) mass is 421 g/mol. The first-order chi connectivity index (χ1) is 13.8. The summed E-state index contributed by atoms with van der Waals surface area (Å²) in [5.74, 6) is -2.97. The number of hydrazine groups is 1. The number of thioether (sulfide) groups is 1. The fraction of sp³-hybridized carbons (Fsp3) is 0.250. The lowest BCUT2D eigenvalue weighted by Gasteiger charge is -2.22. The van der Waals surface area contributed by atoms with Crippen molar-refractivity contribution < 1.29 is 23.2 Å². The highest BCUT2D eigenvalue weighted by Gasteiger charge is 2.25. The average Bonchev–Trinajstić information content (AvgIpc) is 2.69. The molecule has 0 spiro atoms. The SMILES string of the molecule is CC(C)[C@@H](NC(=O)c1ccc(F)cc1)C(=O)NNC(=O)CSc1ccccc1F. The molecule has 0 fully saturated rings. The van der Waals surface area contributed by atoms with Crippen molar-refractivity contribution in [2.45, 2.75) is 24.8 Å². The molecule has 0 aliphatic heterocycles. The van der Waals surface area contributed by atoms with E-state index in [9.17, 15) is 23.2 Å². The van der Waals surface area contributed by atoms with Crippen LogP contribution in [-0.4, -0.2) is 29.5 Å². The summed E-state index contributed by atoms with van der Waals surface area (Å²) in [6.07, 6.45) is 0. The molecule has 2 aromatic rings. The van der Waals surface area contributed by atoms with Crippen molar-refractivity contribution in [2.75, 3.05) is 5.75 Å². The Morgan fingerprint density at radius 1 is 0.966 bits per heavy atom. The molecule has 0 bridgehead atoms. The van der Waals surface area contributed by atoms with Gasteiger partial charge >= 0.3 is 0 Å². The van der Waals surface area contributed by atoms with Crippen molar-refractivity contribution >= 4 is 29.5 Å². The number of rotatable bonds is 7. The highest BCUT2D eigenvalue weighted by Crippen LogP contribution is 2.20. The quantitative estimate of drug-likeness (QED) is 0.474. The molecule has 0 heterocycles. The summed E-state index contributed by atoms with van der Waals surface area (Å²) in [7, 11) is 0. The first-order valence-corrected chi connectivity index (χ1v) is 9.79. The van der Waals surface area contributed by atoms with E-state index in [0.29, 0.717) is 4.90 Å². The molecule has 154 valence electrons. The first kappa shape index (κ1) is 22.4. The third kappa shape index (κ3) is 6.86. The largest absolute Gasteiger partial charge is 0.340 e. The van der Waals surface area contributed by atoms with Crippen LogP contribution in [0.15, 0.2) is 53.4 Å². The molecule has 3 N–H and O–H groups in total. The number of hydrogen-bond donors (Lipinski definition) is 3. The Morgan fingerprint density at radius 2 is 1.62 bits per heavy atom. The Bertz CT molecular complexity index is 876. The molecule has 0 aliphatic rings. The molecular weight excluding hydrogens is 400 g/mol. The number of halogens is 2. The number of carbonyl (C=O) groups excluding carboxylic acids is 3. The molecule has 0 saturated carbocycles. The molecule has 0 radical (unpaired) electrons. The predicted octanol–water partition coefficient (Wildman–Crippen LogP) is 2.66. The topological polar surface area (TPSA) is 87.3 Å². The third-order valence-corrected chi connectivity index (χ3v) is 4.91. The molecule has 0 unspecified atom stereocenters. The van der Waals surface area contributed by atoms with Crippen LogP contribution in [0.5, 0.6) is 0 Å². The lowest BCUT2D eigenvalue weighted by Crippen LogP contribution is -2.54. The van der Waals surface area contributed by atoms with Crippen LogP contribution in [0.3, 0.4) is 0 Å². The number of hydrogen-bond acceptors (Lipinski definition) is 4. The highest BCUT2D eigenvalue weighted by atomic mass is 32.2. The summed E-state index contributed by atoms with van der Waals surface area (Å²) >= 11 is 0.992. The van der Waals surface area contributed by atoms with Crippen molar-refractivity contribution in [2.24, 2.45) is 5.92 Å². The zero-order valence-corrected chi connectivity index (χ0v) is 16.7. The summed E-state index contributed by atoms with van der Waals surface area (Å²) in [5, 5.41) is 2.56. The van der Waals surface area contributed by atoms with Crippen molar-refractivity contribution in [3.05, 3.63) is 65.7 Å². The van der Waals surface area contributed by atoms with E-state index < -0.39 is 35.4 Å². The fourth-order valence-electron chi connectivity index (χ4n) is 2.31. The minimum Gasteiger partial charge on any atom is -0.340 e. The molecule has 2 rings (SSSR count). The molecule has 9 heteroatoms. The van der Waals surface area contributed by atoms with Crippen LogP contribution in [-0.2, 0) is 9.59 Å². The Morgan fingerprint density at radius 3 is 2.24 bits per heavy atom. The van der Waals surface area contributed by atoms with Gasteiger partial charge in [0.15, 0.2) is 0 Å². The standard InChI is InChI=1S/C20H21F2N3O3S/c1-12(2)18(23-19(27)13-7-9-14(21)10-8-13)20(28)25-24-17(26)11-29-16-6-4-3-5-15(16)22/h3-10,12,18H,11H2,1-2H3,(H,23,27)(H,24,26)(H,25,28)/t18-/m1/s1. The van der Waals surface area contributed by atoms with Gasteiger partial charge in [-0.15, -0.1) is 11.8 Å². The second-order valence-corrected chi connectivity index (χ2v) is 7.48. The Hall–Kier alpha value is -2.94. The molecular formula is C20H21F2N3O3S. The molecule has 0 saturated heterocycles.